The molecule has 0 aromatic heterocycles. The Bertz CT molecular complexity index is 408. The summed E-state index contributed by atoms with van der Waals surface area (Å²) in [6.07, 6.45) is 2.61. The molecule has 0 radical (unpaired) electrons. The smallest absolute Gasteiger partial charge is 0.307 e. The van der Waals surface area contributed by atoms with E-state index in [0.717, 1.165) is 12.8 Å². The van der Waals surface area contributed by atoms with E-state index in [1.54, 1.807) is 0 Å². The van der Waals surface area contributed by atoms with Crippen LogP contribution in [0.25, 0.3) is 0 Å². The van der Waals surface area contributed by atoms with Crippen LogP contribution in [0.1, 0.15) is 18.4 Å². The molecular weight excluding hydrogens is 360 g/mol. The van der Waals surface area contributed by atoms with Crippen molar-refractivity contribution in [2.75, 3.05) is 0 Å². The molecule has 4 heteroatoms. The van der Waals surface area contributed by atoms with Gasteiger partial charge in [0.2, 0.25) is 0 Å². The second kappa shape index (κ2) is 6.20. The molecule has 1 fully saturated rings. The van der Waals surface area contributed by atoms with Gasteiger partial charge in [-0.2, -0.15) is 0 Å². The highest BCUT2D eigenvalue weighted by Crippen LogP contribution is 2.39. The first-order valence-electron chi connectivity index (χ1n) is 6.12. The van der Waals surface area contributed by atoms with Crippen molar-refractivity contribution >= 4 is 37.8 Å². The zero-order valence-electron chi connectivity index (χ0n) is 9.93. The first-order valence-corrected chi connectivity index (χ1v) is 7.96. The van der Waals surface area contributed by atoms with Crippen molar-refractivity contribution in [2.24, 2.45) is 11.8 Å². The van der Waals surface area contributed by atoms with Crippen LogP contribution in [-0.4, -0.2) is 20.7 Å². The molecule has 0 amide bonds. The fraction of sp³-hybridized carbons (Fsp3) is 0.500. The molecule has 4 atom stereocenters. The van der Waals surface area contributed by atoms with E-state index < -0.39 is 5.97 Å². The average molecular weight is 376 g/mol. The van der Waals surface area contributed by atoms with Gasteiger partial charge in [-0.3, -0.25) is 4.79 Å². The number of carboxylic acids is 1. The van der Waals surface area contributed by atoms with Gasteiger partial charge in [-0.1, -0.05) is 62.2 Å². The summed E-state index contributed by atoms with van der Waals surface area (Å²) in [5, 5.41) is 9.15. The van der Waals surface area contributed by atoms with Crippen molar-refractivity contribution in [2.45, 2.75) is 28.9 Å². The topological polar surface area (TPSA) is 37.3 Å². The van der Waals surface area contributed by atoms with Crippen molar-refractivity contribution in [1.82, 2.24) is 0 Å². The molecule has 1 saturated carbocycles. The second-order valence-corrected chi connectivity index (χ2v) is 7.25. The molecule has 98 valence electrons. The molecule has 0 unspecified atom stereocenters. The highest BCUT2D eigenvalue weighted by molar-refractivity contribution is 9.10. The summed E-state index contributed by atoms with van der Waals surface area (Å²) in [5.41, 5.74) is 1.32. The molecule has 1 aliphatic carbocycles. The average Bonchev–Trinajstić information content (AvgIpc) is 2.34. The molecule has 1 aromatic carbocycles. The van der Waals surface area contributed by atoms with Crippen molar-refractivity contribution in [3.05, 3.63) is 35.9 Å². The van der Waals surface area contributed by atoms with Crippen LogP contribution in [0.4, 0.5) is 0 Å². The normalized spacial score (nSPS) is 32.1. The van der Waals surface area contributed by atoms with Crippen LogP contribution < -0.4 is 0 Å². The Labute approximate surface area is 124 Å². The number of carboxylic acid groups (broad SMARTS) is 1. The maximum atomic E-state index is 11.1. The van der Waals surface area contributed by atoms with Crippen molar-refractivity contribution in [3.8, 4) is 0 Å². The van der Waals surface area contributed by atoms with Crippen LogP contribution in [0.3, 0.4) is 0 Å². The quantitative estimate of drug-likeness (QED) is 0.814. The van der Waals surface area contributed by atoms with Gasteiger partial charge in [-0.25, -0.2) is 0 Å². The van der Waals surface area contributed by atoms with Crippen LogP contribution in [0, 0.1) is 11.8 Å². The number of hydrogen-bond donors (Lipinski definition) is 1. The molecule has 0 bridgehead atoms. The second-order valence-electron chi connectivity index (χ2n) is 4.90. The Morgan fingerprint density at radius 3 is 2.44 bits per heavy atom. The number of aliphatic carboxylic acids is 1. The minimum Gasteiger partial charge on any atom is -0.481 e. The fourth-order valence-corrected chi connectivity index (χ4v) is 4.30. The van der Waals surface area contributed by atoms with Gasteiger partial charge in [-0.15, -0.1) is 0 Å². The van der Waals surface area contributed by atoms with E-state index in [4.69, 9.17) is 5.11 Å². The number of halogens is 2. The summed E-state index contributed by atoms with van der Waals surface area (Å²) in [6.45, 7) is 0. The molecule has 0 spiro atoms. The minimum atomic E-state index is -0.695. The zero-order chi connectivity index (χ0) is 13.1. The van der Waals surface area contributed by atoms with Gasteiger partial charge in [0.05, 0.1) is 5.92 Å². The molecule has 1 N–H and O–H groups in total. The van der Waals surface area contributed by atoms with E-state index in [1.165, 1.54) is 5.56 Å². The number of carbonyl (C=O) groups is 1. The highest BCUT2D eigenvalue weighted by Gasteiger charge is 2.38. The summed E-state index contributed by atoms with van der Waals surface area (Å²) >= 11 is 7.20. The van der Waals surface area contributed by atoms with E-state index in [9.17, 15) is 4.79 Å². The summed E-state index contributed by atoms with van der Waals surface area (Å²) in [6, 6.07) is 10.4. The third kappa shape index (κ3) is 3.35. The molecule has 0 aliphatic heterocycles. The maximum absolute atomic E-state index is 11.1. The van der Waals surface area contributed by atoms with Gasteiger partial charge in [0.15, 0.2) is 0 Å². The first-order chi connectivity index (χ1) is 8.58. The Kier molecular flexibility index (Phi) is 4.84. The number of hydrogen-bond acceptors (Lipinski definition) is 1. The monoisotopic (exact) mass is 374 g/mol. The SMILES string of the molecule is O=C(O)[C@@H]1C[C@H](Br)[C@H](Cc2ccccc2)C[C@@H]1Br. The Balaban J connectivity index is 2.01. The van der Waals surface area contributed by atoms with Gasteiger partial charge < -0.3 is 5.11 Å². The molecule has 2 rings (SSSR count). The van der Waals surface area contributed by atoms with Gasteiger partial charge in [-0.05, 0) is 30.7 Å². The Hall–Kier alpha value is -0.350. The molecule has 1 aromatic rings. The van der Waals surface area contributed by atoms with Crippen LogP contribution in [0.5, 0.6) is 0 Å². The van der Waals surface area contributed by atoms with Gasteiger partial charge in [0, 0.05) is 9.65 Å². The summed E-state index contributed by atoms with van der Waals surface area (Å²) < 4.78 is 0. The Morgan fingerprint density at radius 2 is 1.83 bits per heavy atom. The minimum absolute atomic E-state index is 0.0810. The molecule has 18 heavy (non-hydrogen) atoms. The first kappa shape index (κ1) is 14.1. The third-order valence-electron chi connectivity index (χ3n) is 3.61. The predicted octanol–water partition coefficient (Wildman–Crippen LogP) is 3.87. The van der Waals surface area contributed by atoms with Crippen LogP contribution in [-0.2, 0) is 11.2 Å². The van der Waals surface area contributed by atoms with Gasteiger partial charge >= 0.3 is 5.97 Å². The Morgan fingerprint density at radius 1 is 1.17 bits per heavy atom. The predicted molar refractivity (Wildman–Crippen MR) is 79.4 cm³/mol. The summed E-state index contributed by atoms with van der Waals surface area (Å²) in [7, 11) is 0. The summed E-state index contributed by atoms with van der Waals surface area (Å²) in [5.74, 6) is -0.478. The maximum Gasteiger partial charge on any atom is 0.307 e. The van der Waals surface area contributed by atoms with Gasteiger partial charge in [0.1, 0.15) is 0 Å². The molecular formula is C14H16Br2O2. The number of benzene rings is 1. The molecule has 2 nitrogen and oxygen atoms in total. The van der Waals surface area contributed by atoms with Crippen molar-refractivity contribution in [1.29, 1.82) is 0 Å². The van der Waals surface area contributed by atoms with E-state index in [2.05, 4.69) is 44.0 Å². The number of alkyl halides is 2. The van der Waals surface area contributed by atoms with Crippen LogP contribution >= 0.6 is 31.9 Å². The lowest BCUT2D eigenvalue weighted by atomic mass is 9.79. The molecule has 0 heterocycles. The lowest BCUT2D eigenvalue weighted by Crippen LogP contribution is -2.37. The van der Waals surface area contributed by atoms with E-state index in [1.807, 2.05) is 18.2 Å². The third-order valence-corrected chi connectivity index (χ3v) is 5.75. The van der Waals surface area contributed by atoms with Crippen LogP contribution in [0.2, 0.25) is 0 Å². The van der Waals surface area contributed by atoms with Crippen molar-refractivity contribution in [3.63, 3.8) is 0 Å². The lowest BCUT2D eigenvalue weighted by Gasteiger charge is -2.34. The standard InChI is InChI=1S/C14H16Br2O2/c15-12-8-11(14(17)18)13(16)7-10(12)6-9-4-2-1-3-5-9/h1-5,10-13H,6-8H2,(H,17,18)/t10-,11-,12+,13+/m1/s1. The highest BCUT2D eigenvalue weighted by atomic mass is 79.9. The van der Waals surface area contributed by atoms with E-state index >= 15 is 0 Å². The molecule has 0 saturated heterocycles. The van der Waals surface area contributed by atoms with E-state index in [-0.39, 0.29) is 15.6 Å². The van der Waals surface area contributed by atoms with Crippen molar-refractivity contribution < 1.29 is 9.90 Å². The lowest BCUT2D eigenvalue weighted by molar-refractivity contribution is -0.142. The van der Waals surface area contributed by atoms with Gasteiger partial charge in [0.25, 0.3) is 0 Å². The fourth-order valence-electron chi connectivity index (χ4n) is 2.57. The number of rotatable bonds is 3. The summed E-state index contributed by atoms with van der Waals surface area (Å²) in [4.78, 5) is 11.5. The van der Waals surface area contributed by atoms with E-state index in [0.29, 0.717) is 12.3 Å². The van der Waals surface area contributed by atoms with Crippen LogP contribution in [0.15, 0.2) is 30.3 Å². The zero-order valence-corrected chi connectivity index (χ0v) is 13.1. The largest absolute Gasteiger partial charge is 0.481 e. The molecule has 1 aliphatic rings.